The van der Waals surface area contributed by atoms with Crippen LogP contribution in [0.3, 0.4) is 0 Å². The van der Waals surface area contributed by atoms with E-state index >= 15 is 0 Å². The van der Waals surface area contributed by atoms with Gasteiger partial charge < -0.3 is 4.84 Å². The molecule has 178 valence electrons. The molecule has 1 aliphatic rings. The molecule has 0 fully saturated rings. The van der Waals surface area contributed by atoms with Crippen LogP contribution in [0.25, 0.3) is 0 Å². The van der Waals surface area contributed by atoms with Crippen molar-refractivity contribution in [1.82, 2.24) is 15.2 Å². The van der Waals surface area contributed by atoms with Crippen molar-refractivity contribution in [1.29, 1.82) is 0 Å². The lowest BCUT2D eigenvalue weighted by molar-refractivity contribution is -0.275. The number of aromatic amines is 1. The number of nitrogens with zero attached hydrogens (tertiary/aromatic N) is 3. The Hall–Kier alpha value is -3.18. The Morgan fingerprint density at radius 1 is 1.18 bits per heavy atom. The molecular formula is C21H15Cl2F4N5O2. The summed E-state index contributed by atoms with van der Waals surface area (Å²) in [5.74, 6) is -0.925. The van der Waals surface area contributed by atoms with E-state index < -0.39 is 45.5 Å². The number of hydrogen-bond donors (Lipinski definition) is 2. The first-order chi connectivity index (χ1) is 15.9. The molecule has 0 radical (unpaired) electrons. The molecule has 1 unspecified atom stereocenters. The number of hydrogen-bond acceptors (Lipinski definition) is 5. The van der Waals surface area contributed by atoms with E-state index in [0.29, 0.717) is 17.0 Å². The zero-order valence-corrected chi connectivity index (χ0v) is 19.0. The molecule has 0 spiro atoms. The van der Waals surface area contributed by atoms with Gasteiger partial charge >= 0.3 is 6.18 Å². The van der Waals surface area contributed by atoms with Crippen molar-refractivity contribution in [2.24, 2.45) is 5.16 Å². The number of rotatable bonds is 4. The van der Waals surface area contributed by atoms with E-state index in [1.54, 1.807) is 13.8 Å². The van der Waals surface area contributed by atoms with Gasteiger partial charge in [0.2, 0.25) is 5.95 Å². The standard InChI is InChI=1S/C21H15Cl2F4N5O2/c1-9-5-11(3-4-13(9)18(33)29-19-28-10(2)30-31-19)16-8-20(34-32-16,21(25,26)27)12-6-14(22)17(24)15(23)7-12/h3-7H,8H2,1-2H3,(H2,28,29,30,31,33). The van der Waals surface area contributed by atoms with Crippen LogP contribution in [0.4, 0.5) is 23.5 Å². The second-order valence-electron chi connectivity index (χ2n) is 7.61. The highest BCUT2D eigenvalue weighted by atomic mass is 35.5. The average molecular weight is 516 g/mol. The highest BCUT2D eigenvalue weighted by Gasteiger charge is 2.62. The van der Waals surface area contributed by atoms with Crippen molar-refractivity contribution in [2.75, 3.05) is 5.32 Å². The van der Waals surface area contributed by atoms with Crippen LogP contribution in [0.1, 0.15) is 39.3 Å². The first kappa shape index (κ1) is 24.0. The molecule has 0 aliphatic carbocycles. The molecule has 13 heteroatoms. The van der Waals surface area contributed by atoms with E-state index in [1.807, 2.05) is 0 Å². The molecular weight excluding hydrogens is 501 g/mol. The van der Waals surface area contributed by atoms with Crippen LogP contribution < -0.4 is 5.32 Å². The van der Waals surface area contributed by atoms with Gasteiger partial charge in [-0.3, -0.25) is 15.2 Å². The summed E-state index contributed by atoms with van der Waals surface area (Å²) in [6.07, 6.45) is -5.64. The van der Waals surface area contributed by atoms with Crippen molar-refractivity contribution in [3.8, 4) is 0 Å². The van der Waals surface area contributed by atoms with Gasteiger partial charge in [-0.1, -0.05) is 34.4 Å². The lowest BCUT2D eigenvalue weighted by atomic mass is 9.86. The molecule has 1 amide bonds. The summed E-state index contributed by atoms with van der Waals surface area (Å²) in [6.45, 7) is 3.29. The Morgan fingerprint density at radius 3 is 2.41 bits per heavy atom. The summed E-state index contributed by atoms with van der Waals surface area (Å²) < 4.78 is 56.3. The summed E-state index contributed by atoms with van der Waals surface area (Å²) in [7, 11) is 0. The van der Waals surface area contributed by atoms with E-state index in [9.17, 15) is 22.4 Å². The lowest BCUT2D eigenvalue weighted by Crippen LogP contribution is -2.42. The molecule has 4 rings (SSSR count). The molecule has 0 saturated carbocycles. The Labute approximate surface area is 200 Å². The number of carbonyl (C=O) groups is 1. The average Bonchev–Trinajstić information content (AvgIpc) is 3.38. The predicted octanol–water partition coefficient (Wildman–Crippen LogP) is 5.70. The topological polar surface area (TPSA) is 92.3 Å². The number of nitrogens with one attached hydrogen (secondary N) is 2. The molecule has 0 bridgehead atoms. The highest BCUT2D eigenvalue weighted by Crippen LogP contribution is 2.50. The summed E-state index contributed by atoms with van der Waals surface area (Å²) in [4.78, 5) is 21.4. The summed E-state index contributed by atoms with van der Waals surface area (Å²) in [6, 6.07) is 6.04. The largest absolute Gasteiger partial charge is 0.435 e. The SMILES string of the molecule is Cc1nc(NC(=O)c2ccc(C3=NOC(c4cc(Cl)c(F)c(Cl)c4)(C(F)(F)F)C3)cc2C)n[nH]1. The van der Waals surface area contributed by atoms with E-state index in [0.717, 1.165) is 12.1 Å². The smallest absolute Gasteiger partial charge is 0.374 e. The summed E-state index contributed by atoms with van der Waals surface area (Å²) in [5, 5.41) is 11.5. The number of alkyl halides is 3. The maximum atomic E-state index is 14.2. The quantitative estimate of drug-likeness (QED) is 0.344. The number of H-pyrrole nitrogens is 1. The Bertz CT molecular complexity index is 1300. The van der Waals surface area contributed by atoms with Crippen molar-refractivity contribution >= 4 is 40.8 Å². The fraction of sp³-hybridized carbons (Fsp3) is 0.238. The number of carbonyl (C=O) groups excluding carboxylic acids is 1. The number of benzene rings is 2. The van der Waals surface area contributed by atoms with E-state index in [1.165, 1.54) is 18.2 Å². The van der Waals surface area contributed by atoms with E-state index in [2.05, 4.69) is 25.7 Å². The Balaban J connectivity index is 1.62. The number of halogens is 6. The zero-order valence-electron chi connectivity index (χ0n) is 17.5. The van der Waals surface area contributed by atoms with Gasteiger partial charge in [0.15, 0.2) is 5.82 Å². The zero-order chi connectivity index (χ0) is 24.8. The van der Waals surface area contributed by atoms with E-state index in [-0.39, 0.29) is 17.2 Å². The number of oxime groups is 1. The van der Waals surface area contributed by atoms with E-state index in [4.69, 9.17) is 28.0 Å². The molecule has 1 aromatic heterocycles. The molecule has 1 atom stereocenters. The minimum absolute atomic E-state index is 0.0199. The van der Waals surface area contributed by atoms with Gasteiger partial charge in [-0.15, -0.1) is 5.10 Å². The monoisotopic (exact) mass is 515 g/mol. The van der Waals surface area contributed by atoms with Gasteiger partial charge in [0, 0.05) is 17.5 Å². The van der Waals surface area contributed by atoms with Crippen LogP contribution in [0.15, 0.2) is 35.5 Å². The van der Waals surface area contributed by atoms with Gasteiger partial charge in [-0.2, -0.15) is 18.2 Å². The second kappa shape index (κ2) is 8.55. The third-order valence-corrected chi connectivity index (χ3v) is 5.81. The minimum Gasteiger partial charge on any atom is -0.374 e. The Kier molecular flexibility index (Phi) is 6.03. The van der Waals surface area contributed by atoms with Crippen LogP contribution in [-0.4, -0.2) is 33.0 Å². The Morgan fingerprint density at radius 2 is 1.85 bits per heavy atom. The normalized spacial score (nSPS) is 17.9. The maximum Gasteiger partial charge on any atom is 0.435 e. The molecule has 2 aromatic carbocycles. The number of amides is 1. The first-order valence-electron chi connectivity index (χ1n) is 9.69. The number of anilines is 1. The van der Waals surface area contributed by atoms with Crippen LogP contribution in [0.5, 0.6) is 0 Å². The van der Waals surface area contributed by atoms with Crippen LogP contribution in [0, 0.1) is 19.7 Å². The van der Waals surface area contributed by atoms with Gasteiger partial charge in [-0.05, 0) is 49.2 Å². The van der Waals surface area contributed by atoms with Crippen molar-refractivity contribution < 1.29 is 27.2 Å². The third-order valence-electron chi connectivity index (χ3n) is 5.26. The van der Waals surface area contributed by atoms with Crippen molar-refractivity contribution in [2.45, 2.75) is 32.0 Å². The highest BCUT2D eigenvalue weighted by molar-refractivity contribution is 6.35. The van der Waals surface area contributed by atoms with Gasteiger partial charge in [0.05, 0.1) is 15.8 Å². The predicted molar refractivity (Wildman–Crippen MR) is 117 cm³/mol. The van der Waals surface area contributed by atoms with Gasteiger partial charge in [-0.25, -0.2) is 4.39 Å². The van der Waals surface area contributed by atoms with Crippen molar-refractivity contribution in [3.63, 3.8) is 0 Å². The van der Waals surface area contributed by atoms with Gasteiger partial charge in [0.1, 0.15) is 5.82 Å². The molecule has 34 heavy (non-hydrogen) atoms. The molecule has 3 aromatic rings. The fourth-order valence-electron chi connectivity index (χ4n) is 3.51. The van der Waals surface area contributed by atoms with Crippen LogP contribution in [0.2, 0.25) is 10.0 Å². The third kappa shape index (κ3) is 4.21. The minimum atomic E-state index is -4.92. The number of aromatic nitrogens is 3. The first-order valence-corrected chi connectivity index (χ1v) is 10.4. The molecule has 2 heterocycles. The number of aryl methyl sites for hydroxylation is 2. The molecule has 1 aliphatic heterocycles. The summed E-state index contributed by atoms with van der Waals surface area (Å²) in [5.41, 5.74) is -2.35. The van der Waals surface area contributed by atoms with Crippen LogP contribution in [-0.2, 0) is 10.4 Å². The van der Waals surface area contributed by atoms with Crippen LogP contribution >= 0.6 is 23.2 Å². The lowest BCUT2D eigenvalue weighted by Gasteiger charge is -2.29. The van der Waals surface area contributed by atoms with Crippen molar-refractivity contribution in [3.05, 3.63) is 74.3 Å². The maximum absolute atomic E-state index is 14.2. The molecule has 0 saturated heterocycles. The molecule has 7 nitrogen and oxygen atoms in total. The second-order valence-corrected chi connectivity index (χ2v) is 8.43. The summed E-state index contributed by atoms with van der Waals surface area (Å²) >= 11 is 11.4. The molecule has 2 N–H and O–H groups in total. The fourth-order valence-corrected chi connectivity index (χ4v) is 4.00. The van der Waals surface area contributed by atoms with Gasteiger partial charge in [0.25, 0.3) is 11.5 Å².